The fourth-order valence-electron chi connectivity index (χ4n) is 3.13. The lowest BCUT2D eigenvalue weighted by Crippen LogP contribution is -2.13. The molecule has 1 N–H and O–H groups in total. The van der Waals surface area contributed by atoms with Gasteiger partial charge in [-0.3, -0.25) is 0 Å². The fourth-order valence-corrected chi connectivity index (χ4v) is 4.13. The normalized spacial score (nSPS) is 14.0. The lowest BCUT2D eigenvalue weighted by molar-refractivity contribution is 0.676. The van der Waals surface area contributed by atoms with Crippen molar-refractivity contribution < 1.29 is 0 Å². The Morgan fingerprint density at radius 2 is 2.04 bits per heavy atom. The van der Waals surface area contributed by atoms with E-state index in [0.717, 1.165) is 34.9 Å². The molecule has 1 aromatic carbocycles. The van der Waals surface area contributed by atoms with Crippen LogP contribution in [0.3, 0.4) is 0 Å². The number of benzene rings is 1. The monoisotopic (exact) mass is 362 g/mol. The number of anilines is 1. The van der Waals surface area contributed by atoms with Crippen LogP contribution in [0.15, 0.2) is 49.1 Å². The summed E-state index contributed by atoms with van der Waals surface area (Å²) in [5.74, 6) is 2.60. The molecule has 0 unspecified atom stereocenters. The molecule has 1 aliphatic rings. The van der Waals surface area contributed by atoms with E-state index in [9.17, 15) is 0 Å². The topological polar surface area (TPSA) is 68.5 Å². The van der Waals surface area contributed by atoms with Gasteiger partial charge in [0.05, 0.1) is 5.39 Å². The molecule has 26 heavy (non-hydrogen) atoms. The Bertz CT molecular complexity index is 1030. The molecular weight excluding hydrogens is 344 g/mol. The summed E-state index contributed by atoms with van der Waals surface area (Å²) in [4.78, 5) is 11.1. The highest BCUT2D eigenvalue weighted by Crippen LogP contribution is 2.38. The molecule has 3 aromatic heterocycles. The van der Waals surface area contributed by atoms with Gasteiger partial charge in [0, 0.05) is 23.9 Å². The van der Waals surface area contributed by atoms with Crippen LogP contribution < -0.4 is 5.32 Å². The largest absolute Gasteiger partial charge is 0.368 e. The minimum Gasteiger partial charge on any atom is -0.368 e. The van der Waals surface area contributed by atoms with Crippen molar-refractivity contribution in [2.24, 2.45) is 0 Å². The van der Waals surface area contributed by atoms with Crippen molar-refractivity contribution in [3.8, 4) is 10.4 Å². The molecule has 0 amide bonds. The van der Waals surface area contributed by atoms with Crippen molar-refractivity contribution >= 4 is 27.4 Å². The summed E-state index contributed by atoms with van der Waals surface area (Å²) in [6.07, 6.45) is 5.92. The standard InChI is InChI=1S/C19H18N6S/c1-2-4-13(5-3-1)16-10-15-17(21-11-22-19(15)26-16)20-8-9-25-12-23-24-18(25)14-6-7-14/h1-5,10-12,14H,6-9H2,(H,20,21,22). The summed E-state index contributed by atoms with van der Waals surface area (Å²) in [7, 11) is 0. The summed E-state index contributed by atoms with van der Waals surface area (Å²) in [6, 6.07) is 12.6. The number of fused-ring (bicyclic) bond motifs is 1. The van der Waals surface area contributed by atoms with Crippen LogP contribution >= 0.6 is 11.3 Å². The quantitative estimate of drug-likeness (QED) is 0.563. The summed E-state index contributed by atoms with van der Waals surface area (Å²) >= 11 is 1.69. The lowest BCUT2D eigenvalue weighted by Gasteiger charge is -2.08. The number of hydrogen-bond donors (Lipinski definition) is 1. The Hall–Kier alpha value is -2.80. The molecular formula is C19H18N6S. The first-order valence-electron chi connectivity index (χ1n) is 8.80. The van der Waals surface area contributed by atoms with E-state index in [2.05, 4.69) is 60.4 Å². The molecule has 0 atom stereocenters. The molecule has 4 aromatic rings. The highest BCUT2D eigenvalue weighted by atomic mass is 32.1. The fraction of sp³-hybridized carbons (Fsp3) is 0.263. The predicted octanol–water partition coefficient (Wildman–Crippen LogP) is 3.94. The molecule has 6 nitrogen and oxygen atoms in total. The average Bonchev–Trinajstić information content (AvgIpc) is 3.25. The molecule has 0 saturated heterocycles. The summed E-state index contributed by atoms with van der Waals surface area (Å²) in [5.41, 5.74) is 1.21. The van der Waals surface area contributed by atoms with Gasteiger partial charge in [0.15, 0.2) is 0 Å². The number of hydrogen-bond acceptors (Lipinski definition) is 6. The van der Waals surface area contributed by atoms with Crippen LogP contribution in [-0.4, -0.2) is 31.3 Å². The van der Waals surface area contributed by atoms with Crippen molar-refractivity contribution in [1.29, 1.82) is 0 Å². The van der Waals surface area contributed by atoms with Gasteiger partial charge in [-0.2, -0.15) is 0 Å². The highest BCUT2D eigenvalue weighted by Gasteiger charge is 2.28. The maximum absolute atomic E-state index is 4.45. The molecule has 0 spiro atoms. The van der Waals surface area contributed by atoms with Crippen molar-refractivity contribution in [2.75, 3.05) is 11.9 Å². The molecule has 7 heteroatoms. The van der Waals surface area contributed by atoms with E-state index in [1.165, 1.54) is 23.3 Å². The summed E-state index contributed by atoms with van der Waals surface area (Å²) in [5, 5.41) is 12.8. The third-order valence-electron chi connectivity index (χ3n) is 4.62. The third-order valence-corrected chi connectivity index (χ3v) is 5.71. The highest BCUT2D eigenvalue weighted by molar-refractivity contribution is 7.21. The summed E-state index contributed by atoms with van der Waals surface area (Å²) < 4.78 is 2.14. The van der Waals surface area contributed by atoms with Crippen LogP contribution in [0.2, 0.25) is 0 Å². The van der Waals surface area contributed by atoms with E-state index >= 15 is 0 Å². The van der Waals surface area contributed by atoms with Crippen molar-refractivity contribution in [2.45, 2.75) is 25.3 Å². The van der Waals surface area contributed by atoms with Crippen molar-refractivity contribution in [3.63, 3.8) is 0 Å². The van der Waals surface area contributed by atoms with Gasteiger partial charge in [0.2, 0.25) is 0 Å². The van der Waals surface area contributed by atoms with Crippen LogP contribution in [0, 0.1) is 0 Å². The summed E-state index contributed by atoms with van der Waals surface area (Å²) in [6.45, 7) is 1.61. The van der Waals surface area contributed by atoms with E-state index in [-0.39, 0.29) is 0 Å². The molecule has 0 radical (unpaired) electrons. The van der Waals surface area contributed by atoms with Gasteiger partial charge in [-0.15, -0.1) is 21.5 Å². The first-order chi connectivity index (χ1) is 12.9. The Balaban J connectivity index is 1.35. The van der Waals surface area contributed by atoms with Gasteiger partial charge >= 0.3 is 0 Å². The maximum atomic E-state index is 4.45. The van der Waals surface area contributed by atoms with E-state index in [0.29, 0.717) is 5.92 Å². The smallest absolute Gasteiger partial charge is 0.138 e. The lowest BCUT2D eigenvalue weighted by atomic mass is 10.2. The second-order valence-corrected chi connectivity index (χ2v) is 7.53. The van der Waals surface area contributed by atoms with Gasteiger partial charge in [-0.1, -0.05) is 30.3 Å². The molecule has 0 bridgehead atoms. The van der Waals surface area contributed by atoms with E-state index in [1.54, 1.807) is 17.7 Å². The van der Waals surface area contributed by atoms with E-state index in [1.807, 2.05) is 12.4 Å². The molecule has 1 fully saturated rings. The number of rotatable bonds is 6. The number of nitrogens with one attached hydrogen (secondary N) is 1. The second-order valence-electron chi connectivity index (χ2n) is 6.50. The molecule has 5 rings (SSSR count). The zero-order chi connectivity index (χ0) is 17.3. The van der Waals surface area contributed by atoms with Gasteiger partial charge in [-0.25, -0.2) is 9.97 Å². The third kappa shape index (κ3) is 2.94. The van der Waals surface area contributed by atoms with Crippen LogP contribution in [-0.2, 0) is 6.54 Å². The molecule has 130 valence electrons. The van der Waals surface area contributed by atoms with Crippen LogP contribution in [0.4, 0.5) is 5.82 Å². The second kappa shape index (κ2) is 6.49. The van der Waals surface area contributed by atoms with E-state index < -0.39 is 0 Å². The van der Waals surface area contributed by atoms with Crippen molar-refractivity contribution in [3.05, 3.63) is 54.9 Å². The van der Waals surface area contributed by atoms with Gasteiger partial charge in [-0.05, 0) is 24.5 Å². The number of nitrogens with zero attached hydrogens (tertiary/aromatic N) is 5. The zero-order valence-corrected chi connectivity index (χ0v) is 15.0. The van der Waals surface area contributed by atoms with Crippen LogP contribution in [0.1, 0.15) is 24.6 Å². The van der Waals surface area contributed by atoms with Gasteiger partial charge in [0.1, 0.15) is 29.1 Å². The van der Waals surface area contributed by atoms with Crippen LogP contribution in [0.25, 0.3) is 20.7 Å². The van der Waals surface area contributed by atoms with Gasteiger partial charge < -0.3 is 9.88 Å². The Morgan fingerprint density at radius 3 is 2.88 bits per heavy atom. The maximum Gasteiger partial charge on any atom is 0.138 e. The van der Waals surface area contributed by atoms with Crippen molar-refractivity contribution in [1.82, 2.24) is 24.7 Å². The van der Waals surface area contributed by atoms with Crippen LogP contribution in [0.5, 0.6) is 0 Å². The molecule has 1 aliphatic carbocycles. The molecule has 0 aliphatic heterocycles. The zero-order valence-electron chi connectivity index (χ0n) is 14.2. The first-order valence-corrected chi connectivity index (χ1v) is 9.61. The first kappa shape index (κ1) is 15.5. The Labute approximate surface area is 155 Å². The Morgan fingerprint density at radius 1 is 1.15 bits per heavy atom. The number of thiophene rings is 1. The minimum atomic E-state index is 0.605. The molecule has 3 heterocycles. The molecule has 1 saturated carbocycles. The SMILES string of the molecule is c1ccc(-c2cc3c(NCCn4cnnc4C4CC4)ncnc3s2)cc1. The minimum absolute atomic E-state index is 0.605. The van der Waals surface area contributed by atoms with Gasteiger partial charge in [0.25, 0.3) is 0 Å². The average molecular weight is 362 g/mol. The Kier molecular flexibility index (Phi) is 3.86. The van der Waals surface area contributed by atoms with E-state index in [4.69, 9.17) is 0 Å². The predicted molar refractivity (Wildman–Crippen MR) is 103 cm³/mol. The number of aromatic nitrogens is 5.